The zero-order valence-electron chi connectivity index (χ0n) is 9.20. The van der Waals surface area contributed by atoms with Crippen molar-refractivity contribution in [3.8, 4) is 0 Å². The predicted molar refractivity (Wildman–Crippen MR) is 66.8 cm³/mol. The fourth-order valence-corrected chi connectivity index (χ4v) is 1.75. The van der Waals surface area contributed by atoms with Crippen LogP contribution in [-0.4, -0.2) is 18.3 Å². The number of halogens is 1. The van der Waals surface area contributed by atoms with Crippen LogP contribution < -0.4 is 5.32 Å². The number of hydrogen-bond donors (Lipinski definition) is 2. The van der Waals surface area contributed by atoms with Crippen molar-refractivity contribution in [2.75, 3.05) is 13.2 Å². The second-order valence-corrected chi connectivity index (χ2v) is 4.89. The Kier molecular flexibility index (Phi) is 5.29. The van der Waals surface area contributed by atoms with E-state index in [0.29, 0.717) is 12.0 Å². The molecule has 1 rings (SSSR count). The molecule has 84 valence electrons. The molecule has 2 N–H and O–H groups in total. The Bertz CT molecular complexity index is 303. The maximum absolute atomic E-state index is 8.91. The molecule has 0 aromatic heterocycles. The third-order valence-electron chi connectivity index (χ3n) is 2.43. The van der Waals surface area contributed by atoms with Crippen molar-refractivity contribution in [3.63, 3.8) is 0 Å². The van der Waals surface area contributed by atoms with Crippen molar-refractivity contribution in [1.82, 2.24) is 5.32 Å². The van der Waals surface area contributed by atoms with E-state index >= 15 is 0 Å². The molecule has 0 saturated heterocycles. The first-order chi connectivity index (χ1) is 7.13. The number of rotatable bonds is 5. The summed E-state index contributed by atoms with van der Waals surface area (Å²) < 4.78 is 1.10. The lowest BCUT2D eigenvalue weighted by atomic mass is 10.1. The van der Waals surface area contributed by atoms with Crippen LogP contribution >= 0.6 is 15.9 Å². The summed E-state index contributed by atoms with van der Waals surface area (Å²) in [6, 6.07) is 8.59. The fourth-order valence-electron chi connectivity index (χ4n) is 1.34. The van der Waals surface area contributed by atoms with Crippen molar-refractivity contribution in [2.45, 2.75) is 19.9 Å². The molecule has 0 aliphatic rings. The zero-order valence-corrected chi connectivity index (χ0v) is 10.8. The highest BCUT2D eigenvalue weighted by Crippen LogP contribution is 2.17. The number of nitrogens with one attached hydrogen (secondary N) is 1. The Morgan fingerprint density at radius 3 is 2.73 bits per heavy atom. The van der Waals surface area contributed by atoms with E-state index in [2.05, 4.69) is 40.3 Å². The molecule has 0 bridgehead atoms. The predicted octanol–water partition coefficient (Wildman–Crippen LogP) is 2.73. The lowest BCUT2D eigenvalue weighted by molar-refractivity contribution is 0.231. The van der Waals surface area contributed by atoms with E-state index in [9.17, 15) is 0 Å². The zero-order chi connectivity index (χ0) is 11.3. The molecule has 0 amide bonds. The summed E-state index contributed by atoms with van der Waals surface area (Å²) in [5, 5.41) is 12.3. The average molecular weight is 272 g/mol. The maximum atomic E-state index is 8.91. The number of hydrogen-bond acceptors (Lipinski definition) is 2. The number of aliphatic hydroxyl groups excluding tert-OH is 1. The van der Waals surface area contributed by atoms with E-state index in [1.54, 1.807) is 0 Å². The lowest BCUT2D eigenvalue weighted by Gasteiger charge is -2.17. The number of aliphatic hydroxyl groups is 1. The summed E-state index contributed by atoms with van der Waals surface area (Å²) in [5.41, 5.74) is 1.26. The van der Waals surface area contributed by atoms with Crippen LogP contribution in [0.3, 0.4) is 0 Å². The molecular formula is C12H18BrNO. The highest BCUT2D eigenvalue weighted by molar-refractivity contribution is 9.10. The third kappa shape index (κ3) is 4.33. The van der Waals surface area contributed by atoms with E-state index in [1.807, 2.05) is 19.1 Å². The molecule has 0 spiro atoms. The minimum Gasteiger partial charge on any atom is -0.396 e. The van der Waals surface area contributed by atoms with Crippen LogP contribution in [0.5, 0.6) is 0 Å². The summed E-state index contributed by atoms with van der Waals surface area (Å²) in [6.07, 6.45) is 0. The van der Waals surface area contributed by atoms with Gasteiger partial charge in [0.2, 0.25) is 0 Å². The van der Waals surface area contributed by atoms with Crippen molar-refractivity contribution >= 4 is 15.9 Å². The van der Waals surface area contributed by atoms with Gasteiger partial charge in [-0.1, -0.05) is 35.0 Å². The summed E-state index contributed by atoms with van der Waals surface area (Å²) in [5.74, 6) is 0.305. The van der Waals surface area contributed by atoms with Gasteiger partial charge in [0.25, 0.3) is 0 Å². The molecule has 0 aliphatic heterocycles. The van der Waals surface area contributed by atoms with Gasteiger partial charge in [0.05, 0.1) is 0 Å². The lowest BCUT2D eigenvalue weighted by Crippen LogP contribution is -2.26. The first-order valence-electron chi connectivity index (χ1n) is 5.23. The summed E-state index contributed by atoms with van der Waals surface area (Å²) in [4.78, 5) is 0. The van der Waals surface area contributed by atoms with Crippen LogP contribution in [0.2, 0.25) is 0 Å². The molecule has 0 radical (unpaired) electrons. The van der Waals surface area contributed by atoms with Gasteiger partial charge >= 0.3 is 0 Å². The molecular weight excluding hydrogens is 254 g/mol. The molecule has 0 fully saturated rings. The van der Waals surface area contributed by atoms with Gasteiger partial charge in [0, 0.05) is 23.7 Å². The fraction of sp³-hybridized carbons (Fsp3) is 0.500. The molecule has 1 aromatic rings. The van der Waals surface area contributed by atoms with Gasteiger partial charge in [-0.25, -0.2) is 0 Å². The van der Waals surface area contributed by atoms with Crippen LogP contribution in [0.4, 0.5) is 0 Å². The van der Waals surface area contributed by atoms with Crippen molar-refractivity contribution < 1.29 is 5.11 Å². The number of benzene rings is 1. The molecule has 1 aromatic carbocycles. The maximum Gasteiger partial charge on any atom is 0.0468 e. The Labute approximate surface area is 99.8 Å². The largest absolute Gasteiger partial charge is 0.396 e. The standard InChI is InChI=1S/C12H18BrNO/c1-9(8-15)7-14-10(2)11-4-3-5-12(13)6-11/h3-6,9-10,14-15H,7-8H2,1-2H3/t9?,10-/m1/s1. The second kappa shape index (κ2) is 6.26. The molecule has 2 atom stereocenters. The molecule has 3 heteroatoms. The van der Waals surface area contributed by atoms with Gasteiger partial charge < -0.3 is 10.4 Å². The van der Waals surface area contributed by atoms with Gasteiger partial charge in [0.15, 0.2) is 0 Å². The van der Waals surface area contributed by atoms with Crippen LogP contribution in [-0.2, 0) is 0 Å². The van der Waals surface area contributed by atoms with E-state index in [4.69, 9.17) is 5.11 Å². The molecule has 0 heterocycles. The molecule has 1 unspecified atom stereocenters. The summed E-state index contributed by atoms with van der Waals surface area (Å²) in [7, 11) is 0. The Morgan fingerprint density at radius 1 is 1.40 bits per heavy atom. The topological polar surface area (TPSA) is 32.3 Å². The van der Waals surface area contributed by atoms with Gasteiger partial charge in [-0.3, -0.25) is 0 Å². The van der Waals surface area contributed by atoms with E-state index < -0.39 is 0 Å². The molecule has 2 nitrogen and oxygen atoms in total. The smallest absolute Gasteiger partial charge is 0.0468 e. The van der Waals surface area contributed by atoms with Crippen LogP contribution in [0.15, 0.2) is 28.7 Å². The van der Waals surface area contributed by atoms with Gasteiger partial charge in [-0.05, 0) is 30.5 Å². The highest BCUT2D eigenvalue weighted by Gasteiger charge is 2.06. The van der Waals surface area contributed by atoms with Crippen LogP contribution in [0.1, 0.15) is 25.5 Å². The average Bonchev–Trinajstić information content (AvgIpc) is 2.25. The first-order valence-corrected chi connectivity index (χ1v) is 6.02. The Balaban J connectivity index is 2.50. The first kappa shape index (κ1) is 12.7. The van der Waals surface area contributed by atoms with Gasteiger partial charge in [0.1, 0.15) is 0 Å². The minimum atomic E-state index is 0.234. The summed E-state index contributed by atoms with van der Waals surface area (Å²) in [6.45, 7) is 5.23. The van der Waals surface area contributed by atoms with Crippen molar-refractivity contribution in [3.05, 3.63) is 34.3 Å². The minimum absolute atomic E-state index is 0.234. The molecule has 15 heavy (non-hydrogen) atoms. The monoisotopic (exact) mass is 271 g/mol. The molecule has 0 saturated carbocycles. The van der Waals surface area contributed by atoms with Gasteiger partial charge in [-0.15, -0.1) is 0 Å². The molecule has 0 aliphatic carbocycles. The Hall–Kier alpha value is -0.380. The van der Waals surface area contributed by atoms with E-state index in [0.717, 1.165) is 11.0 Å². The quantitative estimate of drug-likeness (QED) is 0.863. The van der Waals surface area contributed by atoms with Crippen LogP contribution in [0.25, 0.3) is 0 Å². The third-order valence-corrected chi connectivity index (χ3v) is 2.93. The van der Waals surface area contributed by atoms with E-state index in [1.165, 1.54) is 5.56 Å². The van der Waals surface area contributed by atoms with Crippen LogP contribution in [0, 0.1) is 5.92 Å². The van der Waals surface area contributed by atoms with Crippen molar-refractivity contribution in [2.24, 2.45) is 5.92 Å². The Morgan fingerprint density at radius 2 is 2.13 bits per heavy atom. The van der Waals surface area contributed by atoms with Gasteiger partial charge in [-0.2, -0.15) is 0 Å². The second-order valence-electron chi connectivity index (χ2n) is 3.97. The van der Waals surface area contributed by atoms with Crippen molar-refractivity contribution in [1.29, 1.82) is 0 Å². The summed E-state index contributed by atoms with van der Waals surface area (Å²) >= 11 is 3.46. The normalized spacial score (nSPS) is 14.9. The SMILES string of the molecule is CC(CO)CN[C@H](C)c1cccc(Br)c1. The highest BCUT2D eigenvalue weighted by atomic mass is 79.9. The van der Waals surface area contributed by atoms with E-state index in [-0.39, 0.29) is 6.61 Å².